The van der Waals surface area contributed by atoms with Gasteiger partial charge >= 0.3 is 6.09 Å². The molecule has 1 unspecified atom stereocenters. The maximum atomic E-state index is 12.1. The summed E-state index contributed by atoms with van der Waals surface area (Å²) >= 11 is 6.32. The summed E-state index contributed by atoms with van der Waals surface area (Å²) in [5, 5.41) is 12.3. The smallest absolute Gasteiger partial charge is 0.407 e. The molecule has 2 aromatic heterocycles. The number of nitrogens with zero attached hydrogens (tertiary/aromatic N) is 3. The van der Waals surface area contributed by atoms with Gasteiger partial charge in [0.2, 0.25) is 0 Å². The van der Waals surface area contributed by atoms with Gasteiger partial charge in [0.15, 0.2) is 0 Å². The third kappa shape index (κ3) is 4.42. The van der Waals surface area contributed by atoms with Gasteiger partial charge in [0.1, 0.15) is 5.15 Å². The molecule has 0 radical (unpaired) electrons. The Hall–Kier alpha value is -2.66. The summed E-state index contributed by atoms with van der Waals surface area (Å²) in [4.78, 5) is 22.4. The Bertz CT molecular complexity index is 970. The second kappa shape index (κ2) is 8.15. The van der Waals surface area contributed by atoms with Gasteiger partial charge in [-0.25, -0.2) is 9.78 Å². The van der Waals surface area contributed by atoms with Crippen LogP contribution in [-0.4, -0.2) is 32.6 Å². The van der Waals surface area contributed by atoms with Crippen LogP contribution in [0.3, 0.4) is 0 Å². The first-order valence-electron chi connectivity index (χ1n) is 9.22. The molecule has 1 aromatic carbocycles. The molecule has 0 aliphatic rings. The van der Waals surface area contributed by atoms with Gasteiger partial charge < -0.3 is 5.11 Å². The second-order valence-electron chi connectivity index (χ2n) is 7.87. The van der Waals surface area contributed by atoms with Crippen LogP contribution < -0.4 is 0 Å². The van der Waals surface area contributed by atoms with Gasteiger partial charge in [-0.05, 0) is 29.0 Å². The van der Waals surface area contributed by atoms with Crippen LogP contribution in [0.15, 0.2) is 54.7 Å². The molecule has 5 nitrogen and oxygen atoms in total. The molecule has 0 saturated carbocycles. The van der Waals surface area contributed by atoms with E-state index in [1.165, 1.54) is 4.90 Å². The van der Waals surface area contributed by atoms with Gasteiger partial charge in [-0.1, -0.05) is 62.7 Å². The number of amides is 1. The van der Waals surface area contributed by atoms with E-state index in [1.807, 2.05) is 69.3 Å². The zero-order chi connectivity index (χ0) is 20.3. The van der Waals surface area contributed by atoms with Crippen molar-refractivity contribution in [3.05, 3.63) is 71.3 Å². The molecule has 6 heteroatoms. The number of benzene rings is 1. The minimum atomic E-state index is -0.975. The number of carbonyl (C=O) groups is 1. The third-order valence-electron chi connectivity index (χ3n) is 4.70. The molecule has 0 aliphatic heterocycles. The quantitative estimate of drug-likeness (QED) is 0.569. The molecule has 1 atom stereocenters. The summed E-state index contributed by atoms with van der Waals surface area (Å²) in [5.74, 6) is 0. The van der Waals surface area contributed by atoms with Crippen molar-refractivity contribution in [2.24, 2.45) is 5.41 Å². The maximum absolute atomic E-state index is 12.1. The van der Waals surface area contributed by atoms with Gasteiger partial charge in [0, 0.05) is 30.2 Å². The molecule has 28 heavy (non-hydrogen) atoms. The highest BCUT2D eigenvalue weighted by molar-refractivity contribution is 6.34. The summed E-state index contributed by atoms with van der Waals surface area (Å²) < 4.78 is 0. The Morgan fingerprint density at radius 1 is 1.18 bits per heavy atom. The lowest BCUT2D eigenvalue weighted by molar-refractivity contribution is 0.0802. The lowest BCUT2D eigenvalue weighted by Gasteiger charge is -2.38. The maximum Gasteiger partial charge on any atom is 0.407 e. The number of rotatable bonds is 5. The van der Waals surface area contributed by atoms with Crippen LogP contribution in [0.5, 0.6) is 0 Å². The highest BCUT2D eigenvalue weighted by Crippen LogP contribution is 2.37. The second-order valence-corrected chi connectivity index (χ2v) is 8.23. The lowest BCUT2D eigenvalue weighted by atomic mass is 9.83. The summed E-state index contributed by atoms with van der Waals surface area (Å²) in [6.45, 7) is 6.36. The molecule has 0 saturated heterocycles. The topological polar surface area (TPSA) is 66.3 Å². The molecule has 0 spiro atoms. The van der Waals surface area contributed by atoms with Crippen LogP contribution in [-0.2, 0) is 6.42 Å². The first kappa shape index (κ1) is 20.1. The molecule has 0 aliphatic carbocycles. The van der Waals surface area contributed by atoms with E-state index in [-0.39, 0.29) is 11.5 Å². The molecule has 1 N–H and O–H groups in total. The van der Waals surface area contributed by atoms with E-state index < -0.39 is 6.09 Å². The lowest BCUT2D eigenvalue weighted by Crippen LogP contribution is -2.42. The monoisotopic (exact) mass is 397 g/mol. The largest absolute Gasteiger partial charge is 0.465 e. The molecule has 3 aromatic rings. The van der Waals surface area contributed by atoms with Crippen molar-refractivity contribution in [1.82, 2.24) is 14.9 Å². The van der Waals surface area contributed by atoms with Crippen LogP contribution in [0.2, 0.25) is 5.15 Å². The molecule has 0 fully saturated rings. The molecular weight excluding hydrogens is 374 g/mol. The number of pyridine rings is 2. The van der Waals surface area contributed by atoms with Crippen LogP contribution >= 0.6 is 11.6 Å². The summed E-state index contributed by atoms with van der Waals surface area (Å²) in [6, 6.07) is 14.9. The Morgan fingerprint density at radius 3 is 2.54 bits per heavy atom. The number of carboxylic acid groups (broad SMARTS) is 1. The Balaban J connectivity index is 1.89. The Morgan fingerprint density at radius 2 is 1.89 bits per heavy atom. The Kier molecular flexibility index (Phi) is 5.84. The van der Waals surface area contributed by atoms with Crippen LogP contribution in [0, 0.1) is 5.41 Å². The van der Waals surface area contributed by atoms with Crippen molar-refractivity contribution in [3.63, 3.8) is 0 Å². The summed E-state index contributed by atoms with van der Waals surface area (Å²) in [6.07, 6.45) is 1.19. The first-order valence-corrected chi connectivity index (χ1v) is 9.60. The molecular formula is C22H24ClN3O2. The Labute approximate surface area is 170 Å². The van der Waals surface area contributed by atoms with Crippen molar-refractivity contribution in [2.45, 2.75) is 33.2 Å². The predicted octanol–water partition coefficient (Wildman–Crippen LogP) is 5.59. The summed E-state index contributed by atoms with van der Waals surface area (Å²) in [7, 11) is 0. The van der Waals surface area contributed by atoms with Crippen molar-refractivity contribution in [1.29, 1.82) is 0 Å². The minimum Gasteiger partial charge on any atom is -0.465 e. The average Bonchev–Trinajstić information content (AvgIpc) is 2.64. The highest BCUT2D eigenvalue weighted by atomic mass is 35.5. The van der Waals surface area contributed by atoms with E-state index in [0.29, 0.717) is 18.1 Å². The highest BCUT2D eigenvalue weighted by Gasteiger charge is 2.35. The van der Waals surface area contributed by atoms with Crippen LogP contribution in [0.25, 0.3) is 10.8 Å². The molecule has 2 heterocycles. The molecule has 146 valence electrons. The molecule has 3 rings (SSSR count). The molecule has 0 bridgehead atoms. The van der Waals surface area contributed by atoms with E-state index in [4.69, 9.17) is 11.6 Å². The number of hydrogen-bond donors (Lipinski definition) is 1. The fourth-order valence-corrected chi connectivity index (χ4v) is 3.80. The van der Waals surface area contributed by atoms with E-state index >= 15 is 0 Å². The van der Waals surface area contributed by atoms with Gasteiger partial charge in [0.05, 0.1) is 11.7 Å². The van der Waals surface area contributed by atoms with E-state index in [0.717, 1.165) is 22.2 Å². The minimum absolute atomic E-state index is 0.301. The fraction of sp³-hybridized carbons (Fsp3) is 0.318. The average molecular weight is 398 g/mol. The third-order valence-corrected chi connectivity index (χ3v) is 4.99. The van der Waals surface area contributed by atoms with E-state index in [2.05, 4.69) is 9.97 Å². The number of halogens is 1. The predicted molar refractivity (Wildman–Crippen MR) is 112 cm³/mol. The van der Waals surface area contributed by atoms with Gasteiger partial charge in [-0.2, -0.15) is 0 Å². The molecule has 1 amide bonds. The standard InChI is InChI=1S/C22H24ClN3O2/c1-22(2,3)19(18-10-6-7-12-24-18)26(21(27)28)13-11-16-14-15-8-4-5-9-17(15)20(23)25-16/h4-10,12,14,19H,11,13H2,1-3H3,(H,27,28). The zero-order valence-electron chi connectivity index (χ0n) is 16.3. The van der Waals surface area contributed by atoms with Crippen molar-refractivity contribution < 1.29 is 9.90 Å². The first-order chi connectivity index (χ1) is 13.3. The number of hydrogen-bond acceptors (Lipinski definition) is 3. The van der Waals surface area contributed by atoms with Crippen molar-refractivity contribution in [2.75, 3.05) is 6.54 Å². The van der Waals surface area contributed by atoms with E-state index in [9.17, 15) is 9.90 Å². The summed E-state index contributed by atoms with van der Waals surface area (Å²) in [5.41, 5.74) is 1.19. The van der Waals surface area contributed by atoms with Crippen LogP contribution in [0.4, 0.5) is 4.79 Å². The van der Waals surface area contributed by atoms with Gasteiger partial charge in [0.25, 0.3) is 0 Å². The van der Waals surface area contributed by atoms with Crippen molar-refractivity contribution in [3.8, 4) is 0 Å². The number of aromatic nitrogens is 2. The fourth-order valence-electron chi connectivity index (χ4n) is 3.52. The van der Waals surface area contributed by atoms with E-state index in [1.54, 1.807) is 6.20 Å². The number of fused-ring (bicyclic) bond motifs is 1. The SMILES string of the molecule is CC(C)(C)C(c1ccccn1)N(CCc1cc2ccccc2c(Cl)n1)C(=O)O. The van der Waals surface area contributed by atoms with Gasteiger partial charge in [-0.15, -0.1) is 0 Å². The normalized spacial score (nSPS) is 12.7. The van der Waals surface area contributed by atoms with Gasteiger partial charge in [-0.3, -0.25) is 9.88 Å². The zero-order valence-corrected chi connectivity index (χ0v) is 17.0. The van der Waals surface area contributed by atoms with Crippen molar-refractivity contribution >= 4 is 28.5 Å². The van der Waals surface area contributed by atoms with Crippen LogP contribution in [0.1, 0.15) is 38.2 Å².